The third-order valence-corrected chi connectivity index (χ3v) is 3.88. The van der Waals surface area contributed by atoms with Gasteiger partial charge in [-0.15, -0.1) is 11.3 Å². The molecule has 2 aromatic rings. The van der Waals surface area contributed by atoms with Crippen molar-refractivity contribution in [3.8, 4) is 6.07 Å². The standard InChI is InChI=1S/C11H13BrN4S/c1-8(6-13)7-15(2)10-9(5-12)16-3-4-17-11(16)14-10/h3-4,8H,5,7H2,1-2H3. The van der Waals surface area contributed by atoms with Crippen LogP contribution in [0.15, 0.2) is 11.6 Å². The Labute approximate surface area is 113 Å². The van der Waals surface area contributed by atoms with Crippen LogP contribution in [0.5, 0.6) is 0 Å². The predicted molar refractivity (Wildman–Crippen MR) is 73.7 cm³/mol. The van der Waals surface area contributed by atoms with Crippen molar-refractivity contribution in [1.82, 2.24) is 9.38 Å². The molecule has 0 aliphatic rings. The van der Waals surface area contributed by atoms with Gasteiger partial charge in [0.15, 0.2) is 10.8 Å². The topological polar surface area (TPSA) is 44.3 Å². The van der Waals surface area contributed by atoms with Crippen molar-refractivity contribution in [3.05, 3.63) is 17.3 Å². The Bertz CT molecular complexity index is 553. The maximum Gasteiger partial charge on any atom is 0.195 e. The zero-order valence-electron chi connectivity index (χ0n) is 9.72. The average molecular weight is 313 g/mol. The molecular formula is C11H13BrN4S. The second-order valence-electron chi connectivity index (χ2n) is 3.98. The lowest BCUT2D eigenvalue weighted by molar-refractivity contribution is 0.710. The Hall–Kier alpha value is -1.06. The molecule has 0 fully saturated rings. The number of nitrogens with zero attached hydrogens (tertiary/aromatic N) is 4. The summed E-state index contributed by atoms with van der Waals surface area (Å²) in [7, 11) is 1.98. The smallest absolute Gasteiger partial charge is 0.195 e. The van der Waals surface area contributed by atoms with Gasteiger partial charge in [-0.3, -0.25) is 4.40 Å². The Morgan fingerprint density at radius 2 is 2.47 bits per heavy atom. The van der Waals surface area contributed by atoms with Gasteiger partial charge >= 0.3 is 0 Å². The first kappa shape index (κ1) is 12.4. The molecule has 2 heterocycles. The molecular weight excluding hydrogens is 300 g/mol. The third kappa shape index (κ3) is 2.31. The molecule has 17 heavy (non-hydrogen) atoms. The molecule has 0 bridgehead atoms. The van der Waals surface area contributed by atoms with E-state index in [1.54, 1.807) is 11.3 Å². The molecule has 0 saturated carbocycles. The fourth-order valence-corrected chi connectivity index (χ4v) is 3.04. The van der Waals surface area contributed by atoms with Gasteiger partial charge in [0.2, 0.25) is 0 Å². The lowest BCUT2D eigenvalue weighted by Gasteiger charge is -2.18. The number of hydrogen-bond donors (Lipinski definition) is 0. The number of halogens is 1. The monoisotopic (exact) mass is 312 g/mol. The zero-order chi connectivity index (χ0) is 12.4. The number of fused-ring (bicyclic) bond motifs is 1. The number of hydrogen-bond acceptors (Lipinski definition) is 4. The second kappa shape index (κ2) is 5.07. The van der Waals surface area contributed by atoms with Gasteiger partial charge in [-0.2, -0.15) is 5.26 Å². The van der Waals surface area contributed by atoms with E-state index in [0.717, 1.165) is 21.8 Å². The largest absolute Gasteiger partial charge is 0.357 e. The highest BCUT2D eigenvalue weighted by molar-refractivity contribution is 9.08. The van der Waals surface area contributed by atoms with E-state index < -0.39 is 0 Å². The summed E-state index contributed by atoms with van der Waals surface area (Å²) in [5.74, 6) is 0.957. The van der Waals surface area contributed by atoms with Gasteiger partial charge in [0, 0.05) is 30.5 Å². The van der Waals surface area contributed by atoms with E-state index in [-0.39, 0.29) is 5.92 Å². The van der Waals surface area contributed by atoms with E-state index in [4.69, 9.17) is 5.26 Å². The van der Waals surface area contributed by atoms with Crippen molar-refractivity contribution in [1.29, 1.82) is 5.26 Å². The highest BCUT2D eigenvalue weighted by Crippen LogP contribution is 2.26. The Morgan fingerprint density at radius 1 is 1.71 bits per heavy atom. The maximum absolute atomic E-state index is 8.85. The van der Waals surface area contributed by atoms with Crippen LogP contribution in [0.25, 0.3) is 4.96 Å². The number of thiazole rings is 1. The minimum absolute atomic E-state index is 0.00270. The van der Waals surface area contributed by atoms with Crippen molar-refractivity contribution in [3.63, 3.8) is 0 Å². The number of nitriles is 1. The van der Waals surface area contributed by atoms with Crippen LogP contribution in [0.3, 0.4) is 0 Å². The summed E-state index contributed by atoms with van der Waals surface area (Å²) in [4.78, 5) is 7.64. The highest BCUT2D eigenvalue weighted by atomic mass is 79.9. The summed E-state index contributed by atoms with van der Waals surface area (Å²) in [5.41, 5.74) is 1.13. The van der Waals surface area contributed by atoms with Crippen molar-refractivity contribution in [2.45, 2.75) is 12.3 Å². The van der Waals surface area contributed by atoms with Gasteiger partial charge in [-0.1, -0.05) is 15.9 Å². The van der Waals surface area contributed by atoms with Crippen LogP contribution >= 0.6 is 27.3 Å². The fraction of sp³-hybridized carbons (Fsp3) is 0.455. The van der Waals surface area contributed by atoms with Crippen molar-refractivity contribution in [2.24, 2.45) is 5.92 Å². The predicted octanol–water partition coefficient (Wildman–Crippen LogP) is 2.89. The van der Waals surface area contributed by atoms with Crippen molar-refractivity contribution in [2.75, 3.05) is 18.5 Å². The molecule has 0 aromatic carbocycles. The summed E-state index contributed by atoms with van der Waals surface area (Å²) >= 11 is 5.12. The number of alkyl halides is 1. The minimum atomic E-state index is 0.00270. The summed E-state index contributed by atoms with van der Waals surface area (Å²) in [6.07, 6.45) is 2.02. The molecule has 0 aliphatic carbocycles. The molecule has 6 heteroatoms. The van der Waals surface area contributed by atoms with Crippen LogP contribution in [0.4, 0.5) is 5.82 Å². The first-order valence-electron chi connectivity index (χ1n) is 5.28. The number of anilines is 1. The SMILES string of the molecule is CC(C#N)CN(C)c1nc2sccn2c1CBr. The Kier molecular flexibility index (Phi) is 3.69. The van der Waals surface area contributed by atoms with Crippen LogP contribution < -0.4 is 4.90 Å². The normalized spacial score (nSPS) is 12.6. The molecule has 90 valence electrons. The summed E-state index contributed by atoms with van der Waals surface area (Å²) in [6, 6.07) is 2.25. The van der Waals surface area contributed by atoms with Gasteiger partial charge in [0.05, 0.1) is 17.7 Å². The number of rotatable bonds is 4. The van der Waals surface area contributed by atoms with Gasteiger partial charge in [-0.25, -0.2) is 4.98 Å². The molecule has 0 aliphatic heterocycles. The van der Waals surface area contributed by atoms with Gasteiger partial charge in [0.25, 0.3) is 0 Å². The van der Waals surface area contributed by atoms with E-state index in [1.807, 2.05) is 30.4 Å². The fourth-order valence-electron chi connectivity index (χ4n) is 1.79. The highest BCUT2D eigenvalue weighted by Gasteiger charge is 2.16. The van der Waals surface area contributed by atoms with E-state index in [9.17, 15) is 0 Å². The summed E-state index contributed by atoms with van der Waals surface area (Å²) in [5, 5.41) is 11.6. The molecule has 2 aromatic heterocycles. The molecule has 4 nitrogen and oxygen atoms in total. The number of aromatic nitrogens is 2. The van der Waals surface area contributed by atoms with Gasteiger partial charge in [-0.05, 0) is 6.92 Å². The first-order chi connectivity index (χ1) is 8.17. The van der Waals surface area contributed by atoms with Crippen LogP contribution in [0.2, 0.25) is 0 Å². The minimum Gasteiger partial charge on any atom is -0.357 e. The number of imidazole rings is 1. The quantitative estimate of drug-likeness (QED) is 0.815. The van der Waals surface area contributed by atoms with E-state index in [2.05, 4.69) is 31.4 Å². The molecule has 0 saturated heterocycles. The van der Waals surface area contributed by atoms with Gasteiger partial charge < -0.3 is 4.90 Å². The van der Waals surface area contributed by atoms with Crippen molar-refractivity contribution >= 4 is 38.0 Å². The lowest BCUT2D eigenvalue weighted by atomic mass is 10.2. The molecule has 0 N–H and O–H groups in total. The van der Waals surface area contributed by atoms with Crippen LogP contribution in [-0.2, 0) is 5.33 Å². The van der Waals surface area contributed by atoms with E-state index >= 15 is 0 Å². The Balaban J connectivity index is 2.34. The molecule has 1 atom stereocenters. The van der Waals surface area contributed by atoms with Crippen LogP contribution in [0, 0.1) is 17.2 Å². The third-order valence-electron chi connectivity index (χ3n) is 2.60. The van der Waals surface area contributed by atoms with E-state index in [0.29, 0.717) is 6.54 Å². The molecule has 0 spiro atoms. The van der Waals surface area contributed by atoms with Crippen LogP contribution in [0.1, 0.15) is 12.6 Å². The average Bonchev–Trinajstić information content (AvgIpc) is 2.87. The molecule has 1 unspecified atom stereocenters. The maximum atomic E-state index is 8.85. The first-order valence-corrected chi connectivity index (χ1v) is 7.28. The molecule has 2 rings (SSSR count). The lowest BCUT2D eigenvalue weighted by Crippen LogP contribution is -2.24. The second-order valence-corrected chi connectivity index (χ2v) is 5.42. The van der Waals surface area contributed by atoms with E-state index in [1.165, 1.54) is 0 Å². The molecule has 0 radical (unpaired) electrons. The van der Waals surface area contributed by atoms with Gasteiger partial charge in [0.1, 0.15) is 0 Å². The summed E-state index contributed by atoms with van der Waals surface area (Å²) < 4.78 is 2.09. The van der Waals surface area contributed by atoms with Crippen LogP contribution in [-0.4, -0.2) is 23.0 Å². The Morgan fingerprint density at radius 3 is 3.12 bits per heavy atom. The molecule has 0 amide bonds. The van der Waals surface area contributed by atoms with Crippen molar-refractivity contribution < 1.29 is 0 Å². The zero-order valence-corrected chi connectivity index (χ0v) is 12.1. The summed E-state index contributed by atoms with van der Waals surface area (Å²) in [6.45, 7) is 2.62.